The number of ketones is 1. The van der Waals surface area contributed by atoms with Crippen LogP contribution >= 0.6 is 11.3 Å². The predicted octanol–water partition coefficient (Wildman–Crippen LogP) is 3.25. The molecule has 7 nitrogen and oxygen atoms in total. The molecule has 2 aromatic rings. The third kappa shape index (κ3) is 4.89. The van der Waals surface area contributed by atoms with Gasteiger partial charge in [0.25, 0.3) is 11.8 Å². The Balaban J connectivity index is 1.89. The molecule has 0 aliphatic heterocycles. The third-order valence-corrected chi connectivity index (χ3v) is 5.99. The molecule has 0 atom stereocenters. The summed E-state index contributed by atoms with van der Waals surface area (Å²) in [4.78, 5) is 49.1. The number of hydrazine groups is 1. The predicted molar refractivity (Wildman–Crippen MR) is 111 cm³/mol. The summed E-state index contributed by atoms with van der Waals surface area (Å²) in [6.07, 6.45) is 4.74. The SMILES string of the molecule is CC(=O)NNC(=O)c1c(NC(=O)c2ccc(C(C)=O)cc2)sc2c1CCCCC2. The average Bonchev–Trinajstić information content (AvgIpc) is 2.86. The first kappa shape index (κ1) is 20.7. The highest BCUT2D eigenvalue weighted by atomic mass is 32.1. The van der Waals surface area contributed by atoms with E-state index in [0.29, 0.717) is 21.7 Å². The molecule has 3 N–H and O–H groups in total. The average molecular weight is 413 g/mol. The number of hydrogen-bond acceptors (Lipinski definition) is 5. The number of aryl methyl sites for hydroxylation is 1. The normalized spacial score (nSPS) is 13.0. The van der Waals surface area contributed by atoms with E-state index < -0.39 is 5.91 Å². The van der Waals surface area contributed by atoms with Crippen LogP contribution in [0.3, 0.4) is 0 Å². The van der Waals surface area contributed by atoms with Crippen molar-refractivity contribution in [2.45, 2.75) is 46.0 Å². The highest BCUT2D eigenvalue weighted by Crippen LogP contribution is 2.37. The van der Waals surface area contributed by atoms with Crippen LogP contribution in [0.25, 0.3) is 0 Å². The van der Waals surface area contributed by atoms with Crippen LogP contribution in [-0.2, 0) is 17.6 Å². The molecule has 0 saturated carbocycles. The number of rotatable bonds is 4. The van der Waals surface area contributed by atoms with Gasteiger partial charge < -0.3 is 5.32 Å². The Bertz CT molecular complexity index is 963. The second-order valence-corrected chi connectivity index (χ2v) is 8.10. The Hall–Kier alpha value is -3.00. The lowest BCUT2D eigenvalue weighted by molar-refractivity contribution is -0.119. The summed E-state index contributed by atoms with van der Waals surface area (Å²) in [6.45, 7) is 2.77. The molecule has 8 heteroatoms. The summed E-state index contributed by atoms with van der Waals surface area (Å²) in [7, 11) is 0. The van der Waals surface area contributed by atoms with Gasteiger partial charge in [-0.15, -0.1) is 11.3 Å². The number of carbonyl (C=O) groups is 4. The minimum atomic E-state index is -0.443. The van der Waals surface area contributed by atoms with Gasteiger partial charge in [-0.3, -0.25) is 30.0 Å². The van der Waals surface area contributed by atoms with Crippen molar-refractivity contribution in [2.75, 3.05) is 5.32 Å². The van der Waals surface area contributed by atoms with Crippen molar-refractivity contribution < 1.29 is 19.2 Å². The first-order valence-electron chi connectivity index (χ1n) is 9.50. The standard InChI is InChI=1S/C21H23N3O4S/c1-12(25)14-8-10-15(11-9-14)19(27)22-21-18(20(28)24-23-13(2)26)16-6-4-3-5-7-17(16)29-21/h8-11H,3-7H2,1-2H3,(H,22,27)(H,23,26)(H,24,28). The number of Topliss-reactive ketones (excluding diaryl/α,β-unsaturated/α-hetero) is 1. The van der Waals surface area contributed by atoms with Gasteiger partial charge in [-0.1, -0.05) is 18.6 Å². The fourth-order valence-electron chi connectivity index (χ4n) is 3.31. The molecule has 0 radical (unpaired) electrons. The van der Waals surface area contributed by atoms with Crippen LogP contribution in [0.15, 0.2) is 24.3 Å². The highest BCUT2D eigenvalue weighted by molar-refractivity contribution is 7.17. The van der Waals surface area contributed by atoms with Crippen molar-refractivity contribution in [2.24, 2.45) is 0 Å². The van der Waals surface area contributed by atoms with Gasteiger partial charge in [0.05, 0.1) is 5.56 Å². The molecular weight excluding hydrogens is 390 g/mol. The Morgan fingerprint density at radius 1 is 0.828 bits per heavy atom. The van der Waals surface area contributed by atoms with E-state index in [-0.39, 0.29) is 17.6 Å². The summed E-state index contributed by atoms with van der Waals surface area (Å²) in [5.74, 6) is -1.25. The van der Waals surface area contributed by atoms with Gasteiger partial charge in [0.1, 0.15) is 5.00 Å². The van der Waals surface area contributed by atoms with Crippen LogP contribution < -0.4 is 16.2 Å². The smallest absolute Gasteiger partial charge is 0.272 e. The first-order valence-corrected chi connectivity index (χ1v) is 10.3. The minimum absolute atomic E-state index is 0.0733. The van der Waals surface area contributed by atoms with Crippen molar-refractivity contribution >= 4 is 39.8 Å². The van der Waals surface area contributed by atoms with Crippen molar-refractivity contribution in [3.63, 3.8) is 0 Å². The summed E-state index contributed by atoms with van der Waals surface area (Å²) in [5, 5.41) is 3.32. The van der Waals surface area contributed by atoms with E-state index in [1.165, 1.54) is 25.2 Å². The fourth-order valence-corrected chi connectivity index (χ4v) is 4.59. The van der Waals surface area contributed by atoms with Crippen molar-refractivity contribution in [1.29, 1.82) is 0 Å². The maximum atomic E-state index is 12.7. The fraction of sp³-hybridized carbons (Fsp3) is 0.333. The second kappa shape index (κ2) is 9.00. The van der Waals surface area contributed by atoms with E-state index in [1.54, 1.807) is 24.3 Å². The summed E-state index contributed by atoms with van der Waals surface area (Å²) >= 11 is 1.41. The van der Waals surface area contributed by atoms with Crippen LogP contribution in [0.5, 0.6) is 0 Å². The van der Waals surface area contributed by atoms with Gasteiger partial charge in [-0.25, -0.2) is 0 Å². The molecule has 1 aromatic heterocycles. The highest BCUT2D eigenvalue weighted by Gasteiger charge is 2.26. The molecular formula is C21H23N3O4S. The van der Waals surface area contributed by atoms with Gasteiger partial charge in [0, 0.05) is 22.9 Å². The number of amides is 3. The Kier molecular flexibility index (Phi) is 6.43. The van der Waals surface area contributed by atoms with E-state index in [0.717, 1.165) is 42.5 Å². The maximum absolute atomic E-state index is 12.7. The lowest BCUT2D eigenvalue weighted by atomic mass is 10.0. The molecule has 29 heavy (non-hydrogen) atoms. The molecule has 1 heterocycles. The number of hydrogen-bond donors (Lipinski definition) is 3. The van der Waals surface area contributed by atoms with Crippen LogP contribution in [0.1, 0.15) is 74.6 Å². The van der Waals surface area contributed by atoms with Gasteiger partial charge in [-0.05, 0) is 50.3 Å². The zero-order valence-electron chi connectivity index (χ0n) is 16.4. The first-order chi connectivity index (χ1) is 13.9. The van der Waals surface area contributed by atoms with E-state index in [4.69, 9.17) is 0 Å². The van der Waals surface area contributed by atoms with Gasteiger partial charge in [0.15, 0.2) is 5.78 Å². The van der Waals surface area contributed by atoms with Crippen molar-refractivity contribution in [1.82, 2.24) is 10.9 Å². The lowest BCUT2D eigenvalue weighted by Gasteiger charge is -2.10. The van der Waals surface area contributed by atoms with Crippen LogP contribution in [0.4, 0.5) is 5.00 Å². The lowest BCUT2D eigenvalue weighted by Crippen LogP contribution is -2.40. The summed E-state index contributed by atoms with van der Waals surface area (Å²) < 4.78 is 0. The molecule has 0 spiro atoms. The quantitative estimate of drug-likeness (QED) is 0.406. The maximum Gasteiger partial charge on any atom is 0.272 e. The van der Waals surface area contributed by atoms with Crippen LogP contribution in [0.2, 0.25) is 0 Å². The molecule has 1 aliphatic rings. The van der Waals surface area contributed by atoms with Crippen molar-refractivity contribution in [3.8, 4) is 0 Å². The zero-order valence-corrected chi connectivity index (χ0v) is 17.2. The molecule has 0 bridgehead atoms. The molecule has 1 aliphatic carbocycles. The number of thiophene rings is 1. The number of anilines is 1. The van der Waals surface area contributed by atoms with Gasteiger partial charge >= 0.3 is 0 Å². The van der Waals surface area contributed by atoms with E-state index in [9.17, 15) is 19.2 Å². The van der Waals surface area contributed by atoms with Gasteiger partial charge in [-0.2, -0.15) is 0 Å². The molecule has 0 unspecified atom stereocenters. The number of nitrogens with one attached hydrogen (secondary N) is 3. The molecule has 152 valence electrons. The van der Waals surface area contributed by atoms with E-state index in [2.05, 4.69) is 16.2 Å². The molecule has 0 saturated heterocycles. The van der Waals surface area contributed by atoms with E-state index in [1.807, 2.05) is 0 Å². The molecule has 3 amide bonds. The molecule has 0 fully saturated rings. The summed E-state index contributed by atoms with van der Waals surface area (Å²) in [5.41, 5.74) is 6.99. The monoisotopic (exact) mass is 413 g/mol. The van der Waals surface area contributed by atoms with Crippen LogP contribution in [0, 0.1) is 0 Å². The topological polar surface area (TPSA) is 104 Å². The van der Waals surface area contributed by atoms with Gasteiger partial charge in [0.2, 0.25) is 5.91 Å². The molecule has 1 aromatic carbocycles. The Morgan fingerprint density at radius 3 is 2.14 bits per heavy atom. The third-order valence-electron chi connectivity index (χ3n) is 4.78. The Morgan fingerprint density at radius 2 is 1.48 bits per heavy atom. The number of benzene rings is 1. The number of carbonyl (C=O) groups excluding carboxylic acids is 4. The van der Waals surface area contributed by atoms with Crippen molar-refractivity contribution in [3.05, 3.63) is 51.4 Å². The minimum Gasteiger partial charge on any atom is -0.313 e. The van der Waals surface area contributed by atoms with Crippen LogP contribution in [-0.4, -0.2) is 23.5 Å². The van der Waals surface area contributed by atoms with E-state index >= 15 is 0 Å². The largest absolute Gasteiger partial charge is 0.313 e. The number of fused-ring (bicyclic) bond motifs is 1. The summed E-state index contributed by atoms with van der Waals surface area (Å²) in [6, 6.07) is 6.37. The Labute approximate surface area is 172 Å². The second-order valence-electron chi connectivity index (χ2n) is 6.99. The molecule has 3 rings (SSSR count). The zero-order chi connectivity index (χ0) is 21.0.